The zero-order valence-corrected chi connectivity index (χ0v) is 16.8. The lowest BCUT2D eigenvalue weighted by molar-refractivity contribution is -0.115. The molecule has 0 aliphatic rings. The highest BCUT2D eigenvalue weighted by Gasteiger charge is 2.25. The van der Waals surface area contributed by atoms with Gasteiger partial charge in [0, 0.05) is 6.20 Å². The van der Waals surface area contributed by atoms with Gasteiger partial charge >= 0.3 is 0 Å². The highest BCUT2D eigenvalue weighted by molar-refractivity contribution is 8.00. The summed E-state index contributed by atoms with van der Waals surface area (Å²) >= 11 is 1.42. The molecule has 1 atom stereocenters. The first kappa shape index (κ1) is 19.1. The number of aromatic nitrogens is 2. The minimum absolute atomic E-state index is 0.124. The molecule has 0 aliphatic carbocycles. The maximum absolute atomic E-state index is 13.3. The fraction of sp³-hybridized carbons (Fsp3) is 0.130. The molecule has 4 aromatic rings. The van der Waals surface area contributed by atoms with Gasteiger partial charge in [-0.3, -0.25) is 9.20 Å². The Kier molecular flexibility index (Phi) is 5.81. The molecule has 146 valence electrons. The van der Waals surface area contributed by atoms with Crippen LogP contribution in [0.1, 0.15) is 17.7 Å². The van der Waals surface area contributed by atoms with Crippen molar-refractivity contribution in [2.24, 2.45) is 0 Å². The Labute approximate surface area is 173 Å². The molecule has 2 aromatic carbocycles. The third-order valence-corrected chi connectivity index (χ3v) is 5.65. The number of pyridine rings is 1. The standard InChI is InChI=1S/C23H21N3O2S/c1-2-28-20-14-7-6-13-19(20)25-22(27)21(17-10-4-3-5-11-17)29-23-24-16-18-12-8-9-15-26(18)23/h3-16,21H,2H2,1H3,(H,25,27). The first-order valence-electron chi connectivity index (χ1n) is 9.42. The van der Waals surface area contributed by atoms with Crippen LogP contribution in [-0.4, -0.2) is 21.9 Å². The number of thioether (sulfide) groups is 1. The Morgan fingerprint density at radius 3 is 2.66 bits per heavy atom. The summed E-state index contributed by atoms with van der Waals surface area (Å²) < 4.78 is 7.64. The molecule has 0 saturated carbocycles. The molecule has 0 bridgehead atoms. The monoisotopic (exact) mass is 403 g/mol. The van der Waals surface area contributed by atoms with E-state index in [1.165, 1.54) is 11.8 Å². The number of hydrogen-bond donors (Lipinski definition) is 1. The number of imidazole rings is 1. The average molecular weight is 404 g/mol. The summed E-state index contributed by atoms with van der Waals surface area (Å²) in [7, 11) is 0. The van der Waals surface area contributed by atoms with Crippen molar-refractivity contribution in [3.05, 3.63) is 90.8 Å². The van der Waals surface area contributed by atoms with E-state index in [1.54, 1.807) is 0 Å². The van der Waals surface area contributed by atoms with E-state index >= 15 is 0 Å². The molecular formula is C23H21N3O2S. The van der Waals surface area contributed by atoms with Crippen LogP contribution < -0.4 is 10.1 Å². The number of carbonyl (C=O) groups excluding carboxylic acids is 1. The maximum atomic E-state index is 13.3. The summed E-state index contributed by atoms with van der Waals surface area (Å²) in [6, 6.07) is 23.1. The smallest absolute Gasteiger partial charge is 0.242 e. The van der Waals surface area contributed by atoms with Gasteiger partial charge in [0.1, 0.15) is 11.0 Å². The molecule has 1 amide bonds. The van der Waals surface area contributed by atoms with Gasteiger partial charge in [0.25, 0.3) is 0 Å². The van der Waals surface area contributed by atoms with E-state index in [0.29, 0.717) is 18.0 Å². The minimum Gasteiger partial charge on any atom is -0.492 e. The summed E-state index contributed by atoms with van der Waals surface area (Å²) in [5, 5.41) is 3.34. The highest BCUT2D eigenvalue weighted by atomic mass is 32.2. The van der Waals surface area contributed by atoms with Crippen molar-refractivity contribution in [1.29, 1.82) is 0 Å². The van der Waals surface area contributed by atoms with Crippen LogP contribution >= 0.6 is 11.8 Å². The number of ether oxygens (including phenoxy) is 1. The van der Waals surface area contributed by atoms with E-state index in [0.717, 1.165) is 16.2 Å². The van der Waals surface area contributed by atoms with Gasteiger partial charge in [-0.25, -0.2) is 4.98 Å². The minimum atomic E-state index is -0.461. The van der Waals surface area contributed by atoms with Crippen molar-refractivity contribution in [2.45, 2.75) is 17.3 Å². The molecule has 0 aliphatic heterocycles. The van der Waals surface area contributed by atoms with Crippen molar-refractivity contribution < 1.29 is 9.53 Å². The molecule has 2 aromatic heterocycles. The number of fused-ring (bicyclic) bond motifs is 1. The fourth-order valence-electron chi connectivity index (χ4n) is 3.06. The van der Waals surface area contributed by atoms with Gasteiger partial charge in [0.2, 0.25) is 5.91 Å². The first-order chi connectivity index (χ1) is 14.3. The molecule has 2 heterocycles. The van der Waals surface area contributed by atoms with E-state index in [9.17, 15) is 4.79 Å². The summed E-state index contributed by atoms with van der Waals surface area (Å²) in [6.45, 7) is 2.45. The number of benzene rings is 2. The van der Waals surface area contributed by atoms with Crippen LogP contribution in [0.25, 0.3) is 5.52 Å². The number of anilines is 1. The van der Waals surface area contributed by atoms with Gasteiger partial charge < -0.3 is 10.1 Å². The lowest BCUT2D eigenvalue weighted by Crippen LogP contribution is -2.20. The Morgan fingerprint density at radius 1 is 1.07 bits per heavy atom. The normalized spacial score (nSPS) is 11.9. The Hall–Kier alpha value is -3.25. The van der Waals surface area contributed by atoms with Gasteiger partial charge in [0.05, 0.1) is 24.0 Å². The molecule has 0 spiro atoms. The van der Waals surface area contributed by atoms with Gasteiger partial charge in [-0.05, 0) is 36.8 Å². The SMILES string of the molecule is CCOc1ccccc1NC(=O)C(Sc1ncc2ccccn12)c1ccccc1. The van der Waals surface area contributed by atoms with Crippen LogP contribution in [0.3, 0.4) is 0 Å². The Morgan fingerprint density at radius 2 is 1.83 bits per heavy atom. The van der Waals surface area contributed by atoms with E-state index < -0.39 is 5.25 Å². The zero-order valence-electron chi connectivity index (χ0n) is 16.0. The second-order valence-corrected chi connectivity index (χ2v) is 7.44. The third-order valence-electron chi connectivity index (χ3n) is 4.41. The number of hydrogen-bond acceptors (Lipinski definition) is 4. The van der Waals surface area contributed by atoms with Gasteiger partial charge in [-0.1, -0.05) is 60.3 Å². The van der Waals surface area contributed by atoms with E-state index in [2.05, 4.69) is 10.3 Å². The molecule has 0 radical (unpaired) electrons. The van der Waals surface area contributed by atoms with Crippen LogP contribution in [0.5, 0.6) is 5.75 Å². The van der Waals surface area contributed by atoms with Crippen LogP contribution in [0.4, 0.5) is 5.69 Å². The molecule has 5 nitrogen and oxygen atoms in total. The van der Waals surface area contributed by atoms with E-state index in [-0.39, 0.29) is 5.91 Å². The molecule has 1 unspecified atom stereocenters. The van der Waals surface area contributed by atoms with Crippen LogP contribution in [0.2, 0.25) is 0 Å². The molecule has 29 heavy (non-hydrogen) atoms. The summed E-state index contributed by atoms with van der Waals surface area (Å²) in [5.74, 6) is 0.535. The van der Waals surface area contributed by atoms with Crippen LogP contribution in [0.15, 0.2) is 90.3 Å². The second kappa shape index (κ2) is 8.84. The van der Waals surface area contributed by atoms with Crippen LogP contribution in [-0.2, 0) is 4.79 Å². The molecule has 1 N–H and O–H groups in total. The lowest BCUT2D eigenvalue weighted by atomic mass is 10.1. The predicted molar refractivity (Wildman–Crippen MR) is 116 cm³/mol. The fourth-order valence-corrected chi connectivity index (χ4v) is 4.13. The molecule has 0 saturated heterocycles. The topological polar surface area (TPSA) is 55.6 Å². The van der Waals surface area contributed by atoms with E-state index in [4.69, 9.17) is 4.74 Å². The van der Waals surface area contributed by atoms with Gasteiger partial charge in [0.15, 0.2) is 5.16 Å². The van der Waals surface area contributed by atoms with Gasteiger partial charge in [-0.15, -0.1) is 0 Å². The summed E-state index contributed by atoms with van der Waals surface area (Å²) in [4.78, 5) is 17.8. The van der Waals surface area contributed by atoms with Crippen molar-refractivity contribution in [1.82, 2.24) is 9.38 Å². The quantitative estimate of drug-likeness (QED) is 0.431. The van der Waals surface area contributed by atoms with Crippen molar-refractivity contribution in [2.75, 3.05) is 11.9 Å². The average Bonchev–Trinajstić information content (AvgIpc) is 3.17. The Balaban J connectivity index is 1.65. The maximum Gasteiger partial charge on any atom is 0.242 e. The van der Waals surface area contributed by atoms with Crippen LogP contribution in [0, 0.1) is 0 Å². The lowest BCUT2D eigenvalue weighted by Gasteiger charge is -2.18. The molecule has 0 fully saturated rings. The predicted octanol–water partition coefficient (Wildman–Crippen LogP) is 5.21. The summed E-state index contributed by atoms with van der Waals surface area (Å²) in [6.07, 6.45) is 3.77. The third kappa shape index (κ3) is 4.27. The van der Waals surface area contributed by atoms with Crippen molar-refractivity contribution in [3.8, 4) is 5.75 Å². The Bertz CT molecular complexity index is 1110. The van der Waals surface area contributed by atoms with Crippen molar-refractivity contribution >= 4 is 28.9 Å². The number of nitrogens with one attached hydrogen (secondary N) is 1. The zero-order chi connectivity index (χ0) is 20.1. The van der Waals surface area contributed by atoms with Gasteiger partial charge in [-0.2, -0.15) is 0 Å². The second-order valence-electron chi connectivity index (χ2n) is 6.36. The first-order valence-corrected chi connectivity index (χ1v) is 10.3. The highest BCUT2D eigenvalue weighted by Crippen LogP contribution is 2.36. The number of para-hydroxylation sites is 2. The largest absolute Gasteiger partial charge is 0.492 e. The molecule has 6 heteroatoms. The number of nitrogens with zero attached hydrogens (tertiary/aromatic N) is 2. The number of amides is 1. The van der Waals surface area contributed by atoms with E-state index in [1.807, 2.05) is 96.5 Å². The summed E-state index contributed by atoms with van der Waals surface area (Å²) in [5.41, 5.74) is 2.56. The number of rotatable bonds is 7. The van der Waals surface area contributed by atoms with Crippen molar-refractivity contribution in [3.63, 3.8) is 0 Å². The molecule has 4 rings (SSSR count). The molecular weight excluding hydrogens is 382 g/mol. The number of carbonyl (C=O) groups is 1.